The van der Waals surface area contributed by atoms with E-state index in [1.165, 1.54) is 17.8 Å². The van der Waals surface area contributed by atoms with Crippen LogP contribution in [0, 0.1) is 0 Å². The van der Waals surface area contributed by atoms with Crippen molar-refractivity contribution in [3.63, 3.8) is 0 Å². The molecule has 31 heavy (non-hydrogen) atoms. The Hall–Kier alpha value is -2.33. The molecular weight excluding hydrogens is 572 g/mol. The van der Waals surface area contributed by atoms with Gasteiger partial charge < -0.3 is 4.42 Å². The van der Waals surface area contributed by atoms with Crippen molar-refractivity contribution in [2.75, 3.05) is 4.90 Å². The molecule has 2 aromatic carbocycles. The van der Waals surface area contributed by atoms with E-state index in [1.807, 2.05) is 12.1 Å². The molecule has 2 heterocycles. The number of urea groups is 1. The Morgan fingerprint density at radius 1 is 1.00 bits per heavy atom. The largest absolute Gasteiger partial charge is 0.449 e. The number of imide groups is 2. The Morgan fingerprint density at radius 3 is 2.35 bits per heavy atom. The molecule has 1 aromatic heterocycles. The van der Waals surface area contributed by atoms with Crippen LogP contribution in [0.2, 0.25) is 5.02 Å². The monoisotopic (exact) mass is 580 g/mol. The van der Waals surface area contributed by atoms with E-state index in [4.69, 9.17) is 16.0 Å². The summed E-state index contributed by atoms with van der Waals surface area (Å²) in [6.45, 7) is 0. The van der Waals surface area contributed by atoms with Gasteiger partial charge in [-0.1, -0.05) is 39.3 Å². The maximum Gasteiger partial charge on any atom is 0.335 e. The number of furan rings is 1. The summed E-state index contributed by atoms with van der Waals surface area (Å²) >= 11 is 14.0. The number of barbiturate groups is 1. The molecule has 0 radical (unpaired) electrons. The smallest absolute Gasteiger partial charge is 0.335 e. The van der Waals surface area contributed by atoms with Gasteiger partial charge in [0.05, 0.1) is 10.2 Å². The number of amides is 4. The molecule has 4 amide bonds. The minimum Gasteiger partial charge on any atom is -0.449 e. The highest BCUT2D eigenvalue weighted by atomic mass is 79.9. The fraction of sp³-hybridized carbons (Fsp3) is 0. The van der Waals surface area contributed by atoms with Gasteiger partial charge >= 0.3 is 6.03 Å². The Balaban J connectivity index is 1.63. The lowest BCUT2D eigenvalue weighted by Crippen LogP contribution is -2.54. The molecule has 1 aliphatic rings. The van der Waals surface area contributed by atoms with Crippen molar-refractivity contribution >= 4 is 84.8 Å². The summed E-state index contributed by atoms with van der Waals surface area (Å²) in [6, 6.07) is 14.6. The van der Waals surface area contributed by atoms with Gasteiger partial charge in [-0.05, 0) is 76.6 Å². The molecule has 0 aliphatic carbocycles. The van der Waals surface area contributed by atoms with Gasteiger partial charge in [0.1, 0.15) is 11.3 Å². The molecule has 1 saturated heterocycles. The number of nitrogens with one attached hydrogen (secondary N) is 1. The Labute approximate surface area is 202 Å². The maximum atomic E-state index is 12.9. The zero-order valence-electron chi connectivity index (χ0n) is 15.4. The standard InChI is InChI=1S/C21H11Br2ClN2O4S/c22-11-1-5-13(6-2-11)26-19(28)16(18(27)25-21(26)29)9-14-10-17(23)20(30-14)31-15-7-3-12(24)4-8-15/h1-10H,(H,25,27,29)/b16-9+. The van der Waals surface area contributed by atoms with Gasteiger partial charge in [0.15, 0.2) is 5.09 Å². The van der Waals surface area contributed by atoms with Gasteiger partial charge in [-0.15, -0.1) is 0 Å². The number of hydrogen-bond acceptors (Lipinski definition) is 5. The van der Waals surface area contributed by atoms with Crippen LogP contribution in [-0.2, 0) is 9.59 Å². The number of carbonyl (C=O) groups excluding carboxylic acids is 3. The van der Waals surface area contributed by atoms with E-state index in [1.54, 1.807) is 42.5 Å². The maximum absolute atomic E-state index is 12.9. The fourth-order valence-corrected chi connectivity index (χ4v) is 4.46. The first kappa shape index (κ1) is 21.9. The molecule has 6 nitrogen and oxygen atoms in total. The van der Waals surface area contributed by atoms with Gasteiger partial charge in [-0.25, -0.2) is 9.69 Å². The predicted molar refractivity (Wildman–Crippen MR) is 125 cm³/mol. The molecule has 4 rings (SSSR count). The van der Waals surface area contributed by atoms with Gasteiger partial charge in [-0.3, -0.25) is 14.9 Å². The van der Waals surface area contributed by atoms with Crippen LogP contribution in [-0.4, -0.2) is 17.8 Å². The van der Waals surface area contributed by atoms with Crippen LogP contribution < -0.4 is 10.2 Å². The Kier molecular flexibility index (Phi) is 6.38. The van der Waals surface area contributed by atoms with E-state index in [2.05, 4.69) is 37.2 Å². The second-order valence-corrected chi connectivity index (χ2v) is 9.53. The van der Waals surface area contributed by atoms with Crippen molar-refractivity contribution in [1.82, 2.24) is 5.32 Å². The van der Waals surface area contributed by atoms with Gasteiger partial charge in [0.25, 0.3) is 11.8 Å². The van der Waals surface area contributed by atoms with Crippen LogP contribution in [0.3, 0.4) is 0 Å². The number of hydrogen-bond donors (Lipinski definition) is 1. The molecule has 0 bridgehead atoms. The fourth-order valence-electron chi connectivity index (χ4n) is 2.74. The Bertz CT molecular complexity index is 1220. The van der Waals surface area contributed by atoms with Crippen molar-refractivity contribution in [2.45, 2.75) is 9.99 Å². The normalized spacial score (nSPS) is 15.5. The summed E-state index contributed by atoms with van der Waals surface area (Å²) in [5.41, 5.74) is 0.121. The second-order valence-electron chi connectivity index (χ2n) is 6.27. The highest BCUT2D eigenvalue weighted by Gasteiger charge is 2.37. The molecule has 1 fully saturated rings. The van der Waals surface area contributed by atoms with Crippen LogP contribution >= 0.6 is 55.2 Å². The lowest BCUT2D eigenvalue weighted by Gasteiger charge is -2.26. The van der Waals surface area contributed by atoms with Crippen molar-refractivity contribution in [3.8, 4) is 0 Å². The molecule has 1 N–H and O–H groups in total. The highest BCUT2D eigenvalue weighted by molar-refractivity contribution is 9.10. The van der Waals surface area contributed by atoms with Crippen LogP contribution in [0.1, 0.15) is 5.76 Å². The van der Waals surface area contributed by atoms with E-state index in [0.717, 1.165) is 14.3 Å². The number of carbonyl (C=O) groups is 3. The summed E-state index contributed by atoms with van der Waals surface area (Å²) in [7, 11) is 0. The van der Waals surface area contributed by atoms with Gasteiger partial charge in [0, 0.05) is 14.4 Å². The topological polar surface area (TPSA) is 79.6 Å². The quantitative estimate of drug-likeness (QED) is 0.290. The minimum absolute atomic E-state index is 0.216. The Morgan fingerprint density at radius 2 is 1.68 bits per heavy atom. The molecule has 0 atom stereocenters. The van der Waals surface area contributed by atoms with Gasteiger partial charge in [-0.2, -0.15) is 0 Å². The minimum atomic E-state index is -0.811. The average Bonchev–Trinajstić information content (AvgIpc) is 3.07. The third-order valence-corrected chi connectivity index (χ3v) is 6.80. The molecular formula is C21H11Br2ClN2O4S. The van der Waals surface area contributed by atoms with Crippen LogP contribution in [0.25, 0.3) is 6.08 Å². The summed E-state index contributed by atoms with van der Waals surface area (Å²) in [6.07, 6.45) is 1.31. The van der Waals surface area contributed by atoms with Gasteiger partial charge in [0.2, 0.25) is 0 Å². The molecule has 1 aliphatic heterocycles. The first-order valence-corrected chi connectivity index (χ1v) is 11.5. The van der Waals surface area contributed by atoms with Crippen LogP contribution in [0.5, 0.6) is 0 Å². The predicted octanol–water partition coefficient (Wildman–Crippen LogP) is 6.28. The molecule has 10 heteroatoms. The van der Waals surface area contributed by atoms with E-state index >= 15 is 0 Å². The third kappa shape index (κ3) is 4.79. The zero-order valence-corrected chi connectivity index (χ0v) is 20.1. The first-order valence-electron chi connectivity index (χ1n) is 8.71. The number of anilines is 1. The SMILES string of the molecule is O=C1NC(=O)N(c2ccc(Br)cc2)C(=O)/C1=C/c1cc(Br)c(Sc2ccc(Cl)cc2)o1. The van der Waals surface area contributed by atoms with E-state index in [0.29, 0.717) is 20.3 Å². The lowest BCUT2D eigenvalue weighted by molar-refractivity contribution is -0.122. The molecule has 3 aromatic rings. The van der Waals surface area contributed by atoms with Crippen molar-refractivity contribution in [3.05, 3.63) is 79.9 Å². The zero-order chi connectivity index (χ0) is 22.1. The number of halogens is 3. The van der Waals surface area contributed by atoms with E-state index in [9.17, 15) is 14.4 Å². The van der Waals surface area contributed by atoms with Crippen LogP contribution in [0.4, 0.5) is 10.5 Å². The van der Waals surface area contributed by atoms with E-state index in [-0.39, 0.29) is 11.3 Å². The molecule has 0 spiro atoms. The summed E-state index contributed by atoms with van der Waals surface area (Å²) in [5.74, 6) is -1.25. The summed E-state index contributed by atoms with van der Waals surface area (Å²) < 4.78 is 7.24. The second kappa shape index (κ2) is 9.04. The molecule has 0 unspecified atom stereocenters. The number of rotatable bonds is 4. The summed E-state index contributed by atoms with van der Waals surface area (Å²) in [4.78, 5) is 39.4. The summed E-state index contributed by atoms with van der Waals surface area (Å²) in [5, 5.41) is 3.35. The highest BCUT2D eigenvalue weighted by Crippen LogP contribution is 2.37. The van der Waals surface area contributed by atoms with Crippen molar-refractivity contribution in [1.29, 1.82) is 0 Å². The first-order chi connectivity index (χ1) is 14.8. The van der Waals surface area contributed by atoms with Crippen molar-refractivity contribution < 1.29 is 18.8 Å². The molecule has 0 saturated carbocycles. The van der Waals surface area contributed by atoms with E-state index < -0.39 is 17.8 Å². The van der Waals surface area contributed by atoms with Crippen molar-refractivity contribution in [2.24, 2.45) is 0 Å². The molecule has 156 valence electrons. The third-order valence-electron chi connectivity index (χ3n) is 4.17. The lowest BCUT2D eigenvalue weighted by atomic mass is 10.1. The average molecular weight is 583 g/mol. The van der Waals surface area contributed by atoms with Crippen LogP contribution in [0.15, 0.2) is 83.5 Å². The number of nitrogens with zero attached hydrogens (tertiary/aromatic N) is 1. The number of benzene rings is 2.